The minimum Gasteiger partial charge on any atom is -0.423 e. The molecule has 0 unspecified atom stereocenters. The highest BCUT2D eigenvalue weighted by Gasteiger charge is 2.16. The summed E-state index contributed by atoms with van der Waals surface area (Å²) in [5, 5.41) is 19.2. The Morgan fingerprint density at radius 3 is 1.71 bits per heavy atom. The monoisotopic (exact) mass is 365 g/mol. The lowest BCUT2D eigenvalue weighted by Crippen LogP contribution is -2.30. The van der Waals surface area contributed by atoms with Gasteiger partial charge in [0, 0.05) is 17.1 Å². The summed E-state index contributed by atoms with van der Waals surface area (Å²) in [7, 11) is -1.51. The van der Waals surface area contributed by atoms with E-state index in [4.69, 9.17) is 0 Å². The van der Waals surface area contributed by atoms with Crippen molar-refractivity contribution in [2.75, 3.05) is 4.90 Å². The number of nitrogens with zero attached hydrogens (tertiary/aromatic N) is 1. The van der Waals surface area contributed by atoms with E-state index < -0.39 is 7.12 Å². The van der Waals surface area contributed by atoms with Crippen LogP contribution in [0.5, 0.6) is 0 Å². The van der Waals surface area contributed by atoms with Gasteiger partial charge >= 0.3 is 7.12 Å². The van der Waals surface area contributed by atoms with Gasteiger partial charge in [-0.15, -0.1) is 0 Å². The molecular weight excluding hydrogens is 345 g/mol. The highest BCUT2D eigenvalue weighted by molar-refractivity contribution is 6.58. The average Bonchev–Trinajstić information content (AvgIpc) is 2.76. The van der Waals surface area contributed by atoms with E-state index in [9.17, 15) is 10.0 Å². The molecule has 0 heterocycles. The van der Waals surface area contributed by atoms with Crippen molar-refractivity contribution in [1.82, 2.24) is 0 Å². The molecule has 4 aromatic carbocycles. The lowest BCUT2D eigenvalue weighted by Gasteiger charge is -2.26. The quantitative estimate of drug-likeness (QED) is 0.512. The van der Waals surface area contributed by atoms with E-state index in [2.05, 4.69) is 35.2 Å². The molecule has 0 aliphatic heterocycles. The highest BCUT2D eigenvalue weighted by atomic mass is 16.4. The molecule has 0 aliphatic rings. The zero-order valence-corrected chi connectivity index (χ0v) is 15.3. The zero-order chi connectivity index (χ0) is 19.3. The summed E-state index contributed by atoms with van der Waals surface area (Å²) in [6.07, 6.45) is 0. The fraction of sp³-hybridized carbons (Fsp3) is 0. The van der Waals surface area contributed by atoms with Crippen LogP contribution in [0.1, 0.15) is 0 Å². The van der Waals surface area contributed by atoms with Crippen molar-refractivity contribution in [3.8, 4) is 11.1 Å². The number of rotatable bonds is 5. The molecule has 0 saturated heterocycles. The Morgan fingerprint density at radius 1 is 0.500 bits per heavy atom. The summed E-state index contributed by atoms with van der Waals surface area (Å²) >= 11 is 0. The summed E-state index contributed by atoms with van der Waals surface area (Å²) in [5.41, 5.74) is 5.59. The number of hydrogen-bond donors (Lipinski definition) is 2. The molecule has 0 aliphatic carbocycles. The fourth-order valence-corrected chi connectivity index (χ4v) is 3.30. The van der Waals surface area contributed by atoms with E-state index in [1.807, 2.05) is 66.7 Å². The van der Waals surface area contributed by atoms with E-state index >= 15 is 0 Å². The molecule has 0 spiro atoms. The summed E-state index contributed by atoms with van der Waals surface area (Å²) < 4.78 is 0. The second-order valence-electron chi connectivity index (χ2n) is 6.56. The fourth-order valence-electron chi connectivity index (χ4n) is 3.30. The van der Waals surface area contributed by atoms with Gasteiger partial charge in [-0.1, -0.05) is 72.8 Å². The van der Waals surface area contributed by atoms with Gasteiger partial charge in [-0.25, -0.2) is 0 Å². The van der Waals surface area contributed by atoms with Gasteiger partial charge in [0.05, 0.1) is 0 Å². The maximum Gasteiger partial charge on any atom is 0.488 e. The van der Waals surface area contributed by atoms with Crippen molar-refractivity contribution in [2.45, 2.75) is 0 Å². The van der Waals surface area contributed by atoms with Crippen molar-refractivity contribution in [2.24, 2.45) is 0 Å². The third-order valence-corrected chi connectivity index (χ3v) is 4.65. The minimum absolute atomic E-state index is 0.456. The van der Waals surface area contributed by atoms with E-state index in [0.717, 1.165) is 28.2 Å². The molecule has 4 rings (SSSR count). The van der Waals surface area contributed by atoms with Crippen molar-refractivity contribution < 1.29 is 10.0 Å². The third kappa shape index (κ3) is 3.84. The molecule has 0 amide bonds. The number of para-hydroxylation sites is 1. The molecule has 4 heteroatoms. The Hall–Kier alpha value is -3.34. The van der Waals surface area contributed by atoms with Crippen LogP contribution in [-0.4, -0.2) is 17.2 Å². The average molecular weight is 365 g/mol. The van der Waals surface area contributed by atoms with Crippen LogP contribution in [-0.2, 0) is 0 Å². The van der Waals surface area contributed by atoms with Crippen molar-refractivity contribution in [3.05, 3.63) is 109 Å². The maximum atomic E-state index is 9.60. The first kappa shape index (κ1) is 18.0. The van der Waals surface area contributed by atoms with Crippen molar-refractivity contribution in [3.63, 3.8) is 0 Å². The summed E-state index contributed by atoms with van der Waals surface area (Å²) in [6, 6.07) is 35.9. The highest BCUT2D eigenvalue weighted by Crippen LogP contribution is 2.35. The van der Waals surface area contributed by atoms with Crippen molar-refractivity contribution >= 4 is 29.6 Å². The van der Waals surface area contributed by atoms with Crippen LogP contribution in [0.25, 0.3) is 11.1 Å². The minimum atomic E-state index is -1.51. The molecule has 136 valence electrons. The van der Waals surface area contributed by atoms with Gasteiger partial charge in [-0.2, -0.15) is 0 Å². The first-order chi connectivity index (χ1) is 13.7. The number of benzene rings is 4. The summed E-state index contributed by atoms with van der Waals surface area (Å²) in [6.45, 7) is 0. The van der Waals surface area contributed by atoms with Gasteiger partial charge in [-0.05, 0) is 53.0 Å². The van der Waals surface area contributed by atoms with Gasteiger partial charge in [0.25, 0.3) is 0 Å². The Kier molecular flexibility index (Phi) is 5.24. The van der Waals surface area contributed by atoms with Crippen LogP contribution in [0.2, 0.25) is 0 Å². The van der Waals surface area contributed by atoms with Crippen LogP contribution in [0.3, 0.4) is 0 Å². The Labute approximate surface area is 165 Å². The van der Waals surface area contributed by atoms with Gasteiger partial charge in [-0.3, -0.25) is 0 Å². The predicted molar refractivity (Wildman–Crippen MR) is 116 cm³/mol. The lowest BCUT2D eigenvalue weighted by atomic mass is 9.80. The first-order valence-electron chi connectivity index (χ1n) is 9.19. The third-order valence-electron chi connectivity index (χ3n) is 4.65. The number of anilines is 3. The molecule has 28 heavy (non-hydrogen) atoms. The molecule has 4 aromatic rings. The van der Waals surface area contributed by atoms with Gasteiger partial charge in [0.15, 0.2) is 0 Å². The topological polar surface area (TPSA) is 43.7 Å². The Balaban J connectivity index is 1.84. The standard InChI is InChI=1S/C24H20BNO2/c27-25(28)21-12-8-16-24(18-21)26(22-13-5-2-6-14-22)23-15-7-11-20(17-23)19-9-3-1-4-10-19/h1-18,27-28H. The normalized spacial score (nSPS) is 10.5. The van der Waals surface area contributed by atoms with E-state index in [1.165, 1.54) is 0 Å². The lowest BCUT2D eigenvalue weighted by molar-refractivity contribution is 0.426. The van der Waals surface area contributed by atoms with Crippen LogP contribution in [0.4, 0.5) is 17.1 Å². The molecular formula is C24H20BNO2. The second-order valence-corrected chi connectivity index (χ2v) is 6.56. The molecule has 0 saturated carbocycles. The first-order valence-corrected chi connectivity index (χ1v) is 9.19. The maximum absolute atomic E-state index is 9.60. The molecule has 0 atom stereocenters. The Bertz CT molecular complexity index is 1050. The van der Waals surface area contributed by atoms with Gasteiger partial charge < -0.3 is 14.9 Å². The Morgan fingerprint density at radius 2 is 1.04 bits per heavy atom. The van der Waals surface area contributed by atoms with Crippen LogP contribution >= 0.6 is 0 Å². The van der Waals surface area contributed by atoms with Crippen LogP contribution < -0.4 is 10.4 Å². The van der Waals surface area contributed by atoms with Gasteiger partial charge in [0.2, 0.25) is 0 Å². The van der Waals surface area contributed by atoms with Gasteiger partial charge in [0.1, 0.15) is 0 Å². The zero-order valence-electron chi connectivity index (χ0n) is 15.3. The molecule has 0 radical (unpaired) electrons. The largest absolute Gasteiger partial charge is 0.488 e. The van der Waals surface area contributed by atoms with Crippen LogP contribution in [0, 0.1) is 0 Å². The van der Waals surface area contributed by atoms with Crippen LogP contribution in [0.15, 0.2) is 109 Å². The molecule has 0 aromatic heterocycles. The molecule has 0 bridgehead atoms. The predicted octanol–water partition coefficient (Wildman–Crippen LogP) is 4.50. The van der Waals surface area contributed by atoms with E-state index in [-0.39, 0.29) is 0 Å². The molecule has 2 N–H and O–H groups in total. The number of hydrogen-bond acceptors (Lipinski definition) is 3. The van der Waals surface area contributed by atoms with Crippen molar-refractivity contribution in [1.29, 1.82) is 0 Å². The van der Waals surface area contributed by atoms with E-state index in [1.54, 1.807) is 12.1 Å². The second kappa shape index (κ2) is 8.13. The smallest absolute Gasteiger partial charge is 0.423 e. The van der Waals surface area contributed by atoms with E-state index in [0.29, 0.717) is 5.46 Å². The molecule has 3 nitrogen and oxygen atoms in total. The summed E-state index contributed by atoms with van der Waals surface area (Å²) in [4.78, 5) is 2.11. The molecule has 0 fully saturated rings. The summed E-state index contributed by atoms with van der Waals surface area (Å²) in [5.74, 6) is 0. The SMILES string of the molecule is OB(O)c1cccc(N(c2ccccc2)c2cccc(-c3ccccc3)c2)c1.